The van der Waals surface area contributed by atoms with E-state index in [0.717, 1.165) is 5.39 Å². The van der Waals surface area contributed by atoms with E-state index in [2.05, 4.69) is 0 Å². The Labute approximate surface area is 114 Å². The van der Waals surface area contributed by atoms with Crippen LogP contribution in [0, 0.1) is 0 Å². The molecule has 3 rings (SSSR count). The molecule has 4 N–H and O–H groups in total. The van der Waals surface area contributed by atoms with Crippen LogP contribution in [0.25, 0.3) is 21.9 Å². The molecule has 4 nitrogen and oxygen atoms in total. The molecule has 0 heterocycles. The average Bonchev–Trinajstić information content (AvgIpc) is 2.46. The number of hydrogen-bond donors (Lipinski definition) is 4. The van der Waals surface area contributed by atoms with Crippen LogP contribution < -0.4 is 0 Å². The zero-order chi connectivity index (χ0) is 14.3. The number of phenolic OH excluding ortho intramolecular Hbond substituents is 4. The largest absolute Gasteiger partial charge is 0.504 e. The van der Waals surface area contributed by atoms with Crippen molar-refractivity contribution in [2.75, 3.05) is 0 Å². The smallest absolute Gasteiger partial charge is 0.166 e. The minimum Gasteiger partial charge on any atom is -0.504 e. The Kier molecular flexibility index (Phi) is 2.64. The van der Waals surface area contributed by atoms with E-state index >= 15 is 0 Å². The summed E-state index contributed by atoms with van der Waals surface area (Å²) in [5, 5.41) is 40.9. The van der Waals surface area contributed by atoms with Crippen LogP contribution in [0.15, 0.2) is 48.5 Å². The summed E-state index contributed by atoms with van der Waals surface area (Å²) < 4.78 is 0. The highest BCUT2D eigenvalue weighted by Crippen LogP contribution is 2.46. The molecule has 0 aliphatic heterocycles. The van der Waals surface area contributed by atoms with Crippen LogP contribution in [0.1, 0.15) is 0 Å². The summed E-state index contributed by atoms with van der Waals surface area (Å²) in [6, 6.07) is 13.1. The summed E-state index contributed by atoms with van der Waals surface area (Å²) in [4.78, 5) is 0. The number of para-hydroxylation sites is 1. The van der Waals surface area contributed by atoms with Crippen LogP contribution in [0.5, 0.6) is 23.0 Å². The third kappa shape index (κ3) is 1.70. The van der Waals surface area contributed by atoms with Crippen LogP contribution >= 0.6 is 0 Å². The van der Waals surface area contributed by atoms with Gasteiger partial charge in [0.1, 0.15) is 0 Å². The second kappa shape index (κ2) is 4.35. The van der Waals surface area contributed by atoms with Crippen molar-refractivity contribution < 1.29 is 20.4 Å². The quantitative estimate of drug-likeness (QED) is 0.510. The van der Waals surface area contributed by atoms with Crippen molar-refractivity contribution in [1.82, 2.24) is 0 Å². The minimum absolute atomic E-state index is 0.249. The first-order chi connectivity index (χ1) is 9.59. The lowest BCUT2D eigenvalue weighted by atomic mass is 9.98. The Hall–Kier alpha value is -2.88. The van der Waals surface area contributed by atoms with Crippen LogP contribution in [-0.2, 0) is 0 Å². The van der Waals surface area contributed by atoms with Crippen LogP contribution in [0.4, 0.5) is 0 Å². The van der Waals surface area contributed by atoms with Gasteiger partial charge >= 0.3 is 0 Å². The summed E-state index contributed by atoms with van der Waals surface area (Å²) in [5.74, 6) is -1.20. The van der Waals surface area contributed by atoms with E-state index in [-0.39, 0.29) is 34.1 Å². The van der Waals surface area contributed by atoms with Gasteiger partial charge in [-0.05, 0) is 17.5 Å². The molecule has 0 bridgehead atoms. The molecular weight excluding hydrogens is 256 g/mol. The highest BCUT2D eigenvalue weighted by Gasteiger charge is 2.17. The highest BCUT2D eigenvalue weighted by molar-refractivity contribution is 5.97. The van der Waals surface area contributed by atoms with E-state index in [1.165, 1.54) is 6.07 Å². The second-order valence-corrected chi connectivity index (χ2v) is 4.52. The van der Waals surface area contributed by atoms with Gasteiger partial charge in [0.25, 0.3) is 0 Å². The number of rotatable bonds is 1. The fourth-order valence-electron chi connectivity index (χ4n) is 2.27. The zero-order valence-electron chi connectivity index (χ0n) is 10.4. The van der Waals surface area contributed by atoms with Crippen molar-refractivity contribution in [1.29, 1.82) is 0 Å². The van der Waals surface area contributed by atoms with Crippen molar-refractivity contribution in [3.8, 4) is 34.1 Å². The molecule has 3 aromatic carbocycles. The molecule has 100 valence electrons. The number of fused-ring (bicyclic) bond motifs is 1. The predicted molar refractivity (Wildman–Crippen MR) is 76.0 cm³/mol. The maximum absolute atomic E-state index is 10.1. The number of hydrogen-bond acceptors (Lipinski definition) is 4. The van der Waals surface area contributed by atoms with E-state index in [1.54, 1.807) is 36.4 Å². The van der Waals surface area contributed by atoms with Crippen molar-refractivity contribution in [3.05, 3.63) is 48.5 Å². The fraction of sp³-hybridized carbons (Fsp3) is 0. The highest BCUT2D eigenvalue weighted by atomic mass is 16.3. The van der Waals surface area contributed by atoms with Gasteiger partial charge in [-0.3, -0.25) is 0 Å². The number of benzene rings is 3. The zero-order valence-corrected chi connectivity index (χ0v) is 10.4. The molecule has 0 fully saturated rings. The molecule has 0 amide bonds. The third-order valence-corrected chi connectivity index (χ3v) is 3.30. The summed E-state index contributed by atoms with van der Waals surface area (Å²) in [6.45, 7) is 0. The van der Waals surface area contributed by atoms with Gasteiger partial charge in [0, 0.05) is 16.5 Å². The van der Waals surface area contributed by atoms with Crippen molar-refractivity contribution >= 4 is 10.8 Å². The first-order valence-electron chi connectivity index (χ1n) is 6.04. The lowest BCUT2D eigenvalue weighted by molar-refractivity contribution is 0.401. The van der Waals surface area contributed by atoms with Crippen LogP contribution in [-0.4, -0.2) is 20.4 Å². The van der Waals surface area contributed by atoms with Gasteiger partial charge in [-0.2, -0.15) is 0 Å². The molecule has 0 spiro atoms. The number of aromatic hydroxyl groups is 4. The second-order valence-electron chi connectivity index (χ2n) is 4.52. The molecule has 4 heteroatoms. The summed E-state index contributed by atoms with van der Waals surface area (Å²) >= 11 is 0. The van der Waals surface area contributed by atoms with Crippen LogP contribution in [0.3, 0.4) is 0 Å². The Bertz CT molecular complexity index is 809. The molecule has 3 aromatic rings. The Morgan fingerprint density at radius 2 is 1.35 bits per heavy atom. The fourth-order valence-corrected chi connectivity index (χ4v) is 2.27. The van der Waals surface area contributed by atoms with Gasteiger partial charge in [-0.25, -0.2) is 0 Å². The molecule has 0 atom stereocenters. The molecule has 0 aliphatic carbocycles. The van der Waals surface area contributed by atoms with Gasteiger partial charge in [-0.15, -0.1) is 0 Å². The van der Waals surface area contributed by atoms with E-state index in [4.69, 9.17) is 0 Å². The van der Waals surface area contributed by atoms with Gasteiger partial charge in [0.05, 0.1) is 0 Å². The van der Waals surface area contributed by atoms with E-state index in [9.17, 15) is 20.4 Å². The molecule has 0 unspecified atom stereocenters. The topological polar surface area (TPSA) is 80.9 Å². The SMILES string of the molecule is Oc1cccc(-c2cc3ccccc3c(O)c2O)c1O. The molecule has 0 saturated carbocycles. The Morgan fingerprint density at radius 3 is 2.15 bits per heavy atom. The average molecular weight is 268 g/mol. The standard InChI is InChI=1S/C16H12O4/c17-13-7-3-6-11(14(13)18)12-8-9-4-1-2-5-10(9)15(19)16(12)20/h1-8,17-20H. The summed E-state index contributed by atoms with van der Waals surface area (Å²) in [6.07, 6.45) is 0. The summed E-state index contributed by atoms with van der Waals surface area (Å²) in [5.41, 5.74) is 0.512. The molecule has 0 radical (unpaired) electrons. The lowest BCUT2D eigenvalue weighted by Crippen LogP contribution is -1.84. The maximum atomic E-state index is 10.1. The normalized spacial score (nSPS) is 10.8. The molecule has 20 heavy (non-hydrogen) atoms. The van der Waals surface area contributed by atoms with Crippen molar-refractivity contribution in [2.45, 2.75) is 0 Å². The van der Waals surface area contributed by atoms with Crippen molar-refractivity contribution in [2.24, 2.45) is 0 Å². The van der Waals surface area contributed by atoms with Crippen LogP contribution in [0.2, 0.25) is 0 Å². The van der Waals surface area contributed by atoms with E-state index in [0.29, 0.717) is 5.39 Å². The summed E-state index contributed by atoms with van der Waals surface area (Å²) in [7, 11) is 0. The maximum Gasteiger partial charge on any atom is 0.166 e. The predicted octanol–water partition coefficient (Wildman–Crippen LogP) is 3.33. The van der Waals surface area contributed by atoms with Gasteiger partial charge in [0.15, 0.2) is 23.0 Å². The number of phenols is 4. The lowest BCUT2D eigenvalue weighted by Gasteiger charge is -2.11. The van der Waals surface area contributed by atoms with Crippen molar-refractivity contribution in [3.63, 3.8) is 0 Å². The Balaban J connectivity index is 2.37. The molecule has 0 aliphatic rings. The van der Waals surface area contributed by atoms with Gasteiger partial charge < -0.3 is 20.4 Å². The first kappa shape index (κ1) is 12.2. The monoisotopic (exact) mass is 268 g/mol. The third-order valence-electron chi connectivity index (χ3n) is 3.30. The first-order valence-corrected chi connectivity index (χ1v) is 6.04. The molecule has 0 aromatic heterocycles. The Morgan fingerprint density at radius 1 is 0.600 bits per heavy atom. The van der Waals surface area contributed by atoms with E-state index < -0.39 is 0 Å². The minimum atomic E-state index is -0.336. The van der Waals surface area contributed by atoms with Gasteiger partial charge in [0.2, 0.25) is 0 Å². The molecular formula is C16H12O4. The van der Waals surface area contributed by atoms with E-state index in [1.807, 2.05) is 6.07 Å². The van der Waals surface area contributed by atoms with Gasteiger partial charge in [-0.1, -0.05) is 36.4 Å². The molecule has 0 saturated heterocycles.